The molecule has 172 valence electrons. The molecule has 0 spiro atoms. The fraction of sp³-hybridized carbons (Fsp3) is 0.0870. The fourth-order valence-electron chi connectivity index (χ4n) is 3.49. The number of hydrogen-bond acceptors (Lipinski definition) is 7. The Morgan fingerprint density at radius 3 is 2.41 bits per heavy atom. The van der Waals surface area contributed by atoms with Gasteiger partial charge >= 0.3 is 5.97 Å². The van der Waals surface area contributed by atoms with Crippen molar-refractivity contribution in [1.82, 2.24) is 0 Å². The second-order valence-electron chi connectivity index (χ2n) is 7.11. The molecular weight excluding hydrogens is 487 g/mol. The number of carbonyl (C=O) groups is 3. The van der Waals surface area contributed by atoms with Gasteiger partial charge in [0.25, 0.3) is 17.5 Å². The smallest absolute Gasteiger partial charge is 0.342 e. The molecule has 11 heteroatoms. The van der Waals surface area contributed by atoms with E-state index >= 15 is 0 Å². The summed E-state index contributed by atoms with van der Waals surface area (Å²) >= 11 is 12.2. The minimum atomic E-state index is -0.908. The van der Waals surface area contributed by atoms with E-state index in [-0.39, 0.29) is 39.8 Å². The number of carbonyl (C=O) groups excluding carboxylic acids is 3. The molecule has 3 aromatic carbocycles. The summed E-state index contributed by atoms with van der Waals surface area (Å²) in [5.41, 5.74) is -0.378. The van der Waals surface area contributed by atoms with Crippen LogP contribution in [0.5, 0.6) is 5.75 Å². The number of rotatable bonds is 6. The third-order valence-corrected chi connectivity index (χ3v) is 5.66. The Morgan fingerprint density at radius 1 is 1.06 bits per heavy atom. The first-order valence-electron chi connectivity index (χ1n) is 9.68. The van der Waals surface area contributed by atoms with E-state index in [1.54, 1.807) is 24.3 Å². The molecule has 0 saturated heterocycles. The number of esters is 1. The first kappa shape index (κ1) is 23.2. The summed E-state index contributed by atoms with van der Waals surface area (Å²) in [4.78, 5) is 49.9. The van der Waals surface area contributed by atoms with Gasteiger partial charge in [-0.2, -0.15) is 0 Å². The number of amides is 2. The summed E-state index contributed by atoms with van der Waals surface area (Å²) < 4.78 is 10.6. The van der Waals surface area contributed by atoms with Crippen LogP contribution in [-0.2, 0) is 11.3 Å². The van der Waals surface area contributed by atoms with Crippen molar-refractivity contribution >= 4 is 52.4 Å². The molecule has 0 bridgehead atoms. The molecule has 0 saturated carbocycles. The van der Waals surface area contributed by atoms with Crippen LogP contribution in [-0.4, -0.2) is 29.8 Å². The molecule has 1 heterocycles. The van der Waals surface area contributed by atoms with Crippen LogP contribution in [0.4, 0.5) is 11.4 Å². The Bertz CT molecular complexity index is 1360. The standard InChI is InChI=1S/C23H14Cl2N2O7/c1-33-19-10-18(26-21(28)14-3-2-4-17(27(31)32)20(14)22(26)29)16(25)9-15(19)23(30)34-11-12-5-7-13(24)8-6-12/h2-10H,11H2,1H3. The number of fused-ring (bicyclic) bond motifs is 1. The number of nitro benzene ring substituents is 1. The van der Waals surface area contributed by atoms with E-state index in [4.69, 9.17) is 32.7 Å². The van der Waals surface area contributed by atoms with Crippen molar-refractivity contribution in [3.05, 3.63) is 97.0 Å². The summed E-state index contributed by atoms with van der Waals surface area (Å²) in [6, 6.07) is 12.9. The van der Waals surface area contributed by atoms with Crippen molar-refractivity contribution in [1.29, 1.82) is 0 Å². The summed E-state index contributed by atoms with van der Waals surface area (Å²) in [5.74, 6) is -2.45. The zero-order valence-corrected chi connectivity index (χ0v) is 18.9. The Balaban J connectivity index is 1.66. The van der Waals surface area contributed by atoms with Gasteiger partial charge in [-0.1, -0.05) is 41.4 Å². The molecule has 0 fully saturated rings. The van der Waals surface area contributed by atoms with E-state index in [9.17, 15) is 24.5 Å². The van der Waals surface area contributed by atoms with Crippen molar-refractivity contribution in [2.45, 2.75) is 6.61 Å². The summed E-state index contributed by atoms with van der Waals surface area (Å²) in [5, 5.41) is 11.8. The van der Waals surface area contributed by atoms with Crippen LogP contribution in [0, 0.1) is 10.1 Å². The fourth-order valence-corrected chi connectivity index (χ4v) is 3.86. The van der Waals surface area contributed by atoms with Gasteiger partial charge in [0.2, 0.25) is 0 Å². The van der Waals surface area contributed by atoms with Gasteiger partial charge in [-0.3, -0.25) is 19.7 Å². The number of benzene rings is 3. The first-order valence-corrected chi connectivity index (χ1v) is 10.4. The predicted molar refractivity (Wildman–Crippen MR) is 123 cm³/mol. The SMILES string of the molecule is COc1cc(N2C(=O)c3cccc([N+](=O)[O-])c3C2=O)c(Cl)cc1C(=O)OCc1ccc(Cl)cc1. The zero-order chi connectivity index (χ0) is 24.6. The molecule has 0 radical (unpaired) electrons. The maximum Gasteiger partial charge on any atom is 0.342 e. The molecular formula is C23H14Cl2N2O7. The van der Waals surface area contributed by atoms with Crippen LogP contribution >= 0.6 is 23.2 Å². The van der Waals surface area contributed by atoms with Crippen molar-refractivity contribution < 1.29 is 28.8 Å². The molecule has 0 atom stereocenters. The minimum Gasteiger partial charge on any atom is -0.496 e. The summed E-state index contributed by atoms with van der Waals surface area (Å²) in [6.45, 7) is -0.0411. The third kappa shape index (κ3) is 4.07. The highest BCUT2D eigenvalue weighted by Gasteiger charge is 2.43. The van der Waals surface area contributed by atoms with Crippen LogP contribution < -0.4 is 9.64 Å². The quantitative estimate of drug-likeness (QED) is 0.200. The maximum atomic E-state index is 13.0. The third-order valence-electron chi connectivity index (χ3n) is 5.10. The predicted octanol–water partition coefficient (Wildman–Crippen LogP) is 5.07. The molecule has 3 aromatic rings. The van der Waals surface area contributed by atoms with E-state index < -0.39 is 28.4 Å². The summed E-state index contributed by atoms with van der Waals surface area (Å²) in [7, 11) is 1.29. The molecule has 34 heavy (non-hydrogen) atoms. The highest BCUT2D eigenvalue weighted by atomic mass is 35.5. The number of halogens is 2. The Kier molecular flexibility index (Phi) is 6.23. The maximum absolute atomic E-state index is 13.0. The number of imide groups is 1. The number of anilines is 1. The molecule has 4 rings (SSSR count). The Labute approximate surface area is 202 Å². The lowest BCUT2D eigenvalue weighted by Gasteiger charge is -2.18. The van der Waals surface area contributed by atoms with Gasteiger partial charge in [0.1, 0.15) is 23.5 Å². The van der Waals surface area contributed by atoms with Crippen LogP contribution in [0.15, 0.2) is 54.6 Å². The molecule has 0 N–H and O–H groups in total. The molecule has 2 amide bonds. The molecule has 1 aliphatic rings. The first-order chi connectivity index (χ1) is 16.2. The Morgan fingerprint density at radius 2 is 1.76 bits per heavy atom. The van der Waals surface area contributed by atoms with E-state index in [0.29, 0.717) is 15.5 Å². The van der Waals surface area contributed by atoms with E-state index in [2.05, 4.69) is 0 Å². The molecule has 0 aromatic heterocycles. The van der Waals surface area contributed by atoms with Crippen molar-refractivity contribution in [3.63, 3.8) is 0 Å². The summed E-state index contributed by atoms with van der Waals surface area (Å²) in [6.07, 6.45) is 0. The van der Waals surface area contributed by atoms with Gasteiger partial charge in [-0.15, -0.1) is 0 Å². The van der Waals surface area contributed by atoms with E-state index in [1.165, 1.54) is 31.4 Å². The molecule has 0 aliphatic carbocycles. The average molecular weight is 501 g/mol. The normalized spacial score (nSPS) is 12.5. The van der Waals surface area contributed by atoms with Gasteiger partial charge < -0.3 is 9.47 Å². The molecule has 1 aliphatic heterocycles. The molecule has 0 unspecified atom stereocenters. The van der Waals surface area contributed by atoms with Gasteiger partial charge in [0, 0.05) is 17.2 Å². The zero-order valence-electron chi connectivity index (χ0n) is 17.4. The topological polar surface area (TPSA) is 116 Å². The second-order valence-corrected chi connectivity index (χ2v) is 7.95. The highest BCUT2D eigenvalue weighted by Crippen LogP contribution is 2.40. The molecule has 9 nitrogen and oxygen atoms in total. The largest absolute Gasteiger partial charge is 0.496 e. The van der Waals surface area contributed by atoms with Gasteiger partial charge in [0.05, 0.1) is 28.3 Å². The highest BCUT2D eigenvalue weighted by molar-refractivity contribution is 6.40. The van der Waals surface area contributed by atoms with Crippen molar-refractivity contribution in [2.75, 3.05) is 12.0 Å². The monoisotopic (exact) mass is 500 g/mol. The number of hydrogen-bond donors (Lipinski definition) is 0. The number of nitro groups is 1. The lowest BCUT2D eigenvalue weighted by atomic mass is 10.1. The van der Waals surface area contributed by atoms with Crippen LogP contribution in [0.3, 0.4) is 0 Å². The van der Waals surface area contributed by atoms with Gasteiger partial charge in [0.15, 0.2) is 0 Å². The van der Waals surface area contributed by atoms with Crippen LogP contribution in [0.2, 0.25) is 10.0 Å². The lowest BCUT2D eigenvalue weighted by molar-refractivity contribution is -0.385. The van der Waals surface area contributed by atoms with Crippen molar-refractivity contribution in [3.8, 4) is 5.75 Å². The lowest BCUT2D eigenvalue weighted by Crippen LogP contribution is -2.30. The number of nitrogens with zero attached hydrogens (tertiary/aromatic N) is 2. The van der Waals surface area contributed by atoms with E-state index in [0.717, 1.165) is 6.07 Å². The van der Waals surface area contributed by atoms with Crippen molar-refractivity contribution in [2.24, 2.45) is 0 Å². The Hall–Kier alpha value is -3.95. The van der Waals surface area contributed by atoms with Crippen LogP contribution in [0.25, 0.3) is 0 Å². The van der Waals surface area contributed by atoms with E-state index in [1.807, 2.05) is 0 Å². The number of methoxy groups -OCH3 is 1. The van der Waals surface area contributed by atoms with Crippen LogP contribution in [0.1, 0.15) is 36.6 Å². The second kappa shape index (κ2) is 9.12. The average Bonchev–Trinajstić information content (AvgIpc) is 3.08. The minimum absolute atomic E-state index is 0.00781. The van der Waals surface area contributed by atoms with Gasteiger partial charge in [-0.05, 0) is 29.8 Å². The van der Waals surface area contributed by atoms with Gasteiger partial charge in [-0.25, -0.2) is 9.69 Å². The number of ether oxygens (including phenoxy) is 2.